The van der Waals surface area contributed by atoms with Crippen LogP contribution in [0.5, 0.6) is 0 Å². The number of rotatable bonds is 2. The lowest BCUT2D eigenvalue weighted by Gasteiger charge is -2.29. The van der Waals surface area contributed by atoms with Crippen molar-refractivity contribution in [2.75, 3.05) is 0 Å². The van der Waals surface area contributed by atoms with E-state index in [-0.39, 0.29) is 29.6 Å². The fraction of sp³-hybridized carbons (Fsp3) is 0.500. The second-order valence-electron chi connectivity index (χ2n) is 7.63. The molecule has 0 spiro atoms. The molecule has 3 rings (SSSR count). The van der Waals surface area contributed by atoms with Crippen LogP contribution in [0.3, 0.4) is 0 Å². The maximum atomic E-state index is 12.6. The van der Waals surface area contributed by atoms with Gasteiger partial charge in [0.2, 0.25) is 11.8 Å². The molecule has 1 unspecified atom stereocenters. The molecule has 0 radical (unpaired) electrons. The van der Waals surface area contributed by atoms with Crippen LogP contribution in [-0.4, -0.2) is 28.7 Å². The number of nitrogens with one attached hydrogen (secondary N) is 1. The topological polar surface area (TPSA) is 66.5 Å². The van der Waals surface area contributed by atoms with E-state index in [2.05, 4.69) is 32.2 Å². The summed E-state index contributed by atoms with van der Waals surface area (Å²) in [7, 11) is 0. The van der Waals surface area contributed by atoms with Crippen molar-refractivity contribution in [2.24, 2.45) is 5.41 Å². The van der Waals surface area contributed by atoms with E-state index in [1.807, 2.05) is 12.1 Å². The van der Waals surface area contributed by atoms with Gasteiger partial charge < -0.3 is 4.90 Å². The second-order valence-corrected chi connectivity index (χ2v) is 7.63. The van der Waals surface area contributed by atoms with Crippen LogP contribution in [0.2, 0.25) is 0 Å². The molecule has 5 heteroatoms. The Labute approximate surface area is 136 Å². The van der Waals surface area contributed by atoms with Gasteiger partial charge in [0.1, 0.15) is 6.04 Å². The Morgan fingerprint density at radius 2 is 1.96 bits per heavy atom. The van der Waals surface area contributed by atoms with E-state index < -0.39 is 6.04 Å². The van der Waals surface area contributed by atoms with E-state index in [1.165, 1.54) is 5.56 Å². The maximum absolute atomic E-state index is 12.6. The highest BCUT2D eigenvalue weighted by molar-refractivity contribution is 6.05. The van der Waals surface area contributed by atoms with Gasteiger partial charge in [-0.15, -0.1) is 0 Å². The van der Waals surface area contributed by atoms with E-state index in [1.54, 1.807) is 4.90 Å². The number of carbonyl (C=O) groups excluding carboxylic acids is 3. The standard InChI is InChI=1S/C18H22N2O3/c1-18(2,3)9-11-4-5-13-12(8-11)10-20(17(13)23)14-6-7-15(21)19-16(14)22/h4-5,8,14H,6-7,9-10H2,1-3H3,(H,19,21,22). The Balaban J connectivity index is 1.81. The minimum absolute atomic E-state index is 0.114. The number of hydrogen-bond acceptors (Lipinski definition) is 3. The molecule has 1 aromatic carbocycles. The third kappa shape index (κ3) is 3.14. The third-order valence-corrected chi connectivity index (χ3v) is 4.32. The lowest BCUT2D eigenvalue weighted by molar-refractivity contribution is -0.136. The molecule has 1 N–H and O–H groups in total. The molecule has 23 heavy (non-hydrogen) atoms. The third-order valence-electron chi connectivity index (χ3n) is 4.32. The van der Waals surface area contributed by atoms with Crippen LogP contribution >= 0.6 is 0 Å². The molecule has 2 aliphatic rings. The minimum atomic E-state index is -0.543. The highest BCUT2D eigenvalue weighted by Gasteiger charge is 2.39. The van der Waals surface area contributed by atoms with Gasteiger partial charge in [-0.05, 0) is 35.4 Å². The van der Waals surface area contributed by atoms with Crippen LogP contribution in [0.15, 0.2) is 18.2 Å². The van der Waals surface area contributed by atoms with Crippen LogP contribution in [-0.2, 0) is 22.6 Å². The first-order valence-corrected chi connectivity index (χ1v) is 8.01. The Bertz CT molecular complexity index is 688. The minimum Gasteiger partial charge on any atom is -0.322 e. The van der Waals surface area contributed by atoms with Gasteiger partial charge in [0, 0.05) is 18.5 Å². The van der Waals surface area contributed by atoms with Crippen molar-refractivity contribution in [3.8, 4) is 0 Å². The first kappa shape index (κ1) is 15.7. The molecule has 0 aromatic heterocycles. The fourth-order valence-corrected chi connectivity index (χ4v) is 3.35. The fourth-order valence-electron chi connectivity index (χ4n) is 3.35. The molecule has 1 atom stereocenters. The Hall–Kier alpha value is -2.17. The Morgan fingerprint density at radius 3 is 2.61 bits per heavy atom. The molecule has 0 bridgehead atoms. The van der Waals surface area contributed by atoms with E-state index >= 15 is 0 Å². The number of amides is 3. The van der Waals surface area contributed by atoms with E-state index in [9.17, 15) is 14.4 Å². The Kier molecular flexibility index (Phi) is 3.74. The number of imide groups is 1. The predicted molar refractivity (Wildman–Crippen MR) is 85.6 cm³/mol. The highest BCUT2D eigenvalue weighted by Crippen LogP contribution is 2.30. The second kappa shape index (κ2) is 5.48. The van der Waals surface area contributed by atoms with Crippen molar-refractivity contribution < 1.29 is 14.4 Å². The molecule has 2 aliphatic heterocycles. The van der Waals surface area contributed by atoms with Gasteiger partial charge in [0.15, 0.2) is 0 Å². The summed E-state index contributed by atoms with van der Waals surface area (Å²) in [5.41, 5.74) is 3.03. The van der Waals surface area contributed by atoms with Crippen LogP contribution in [0.4, 0.5) is 0 Å². The summed E-state index contributed by atoms with van der Waals surface area (Å²) in [6.07, 6.45) is 1.62. The zero-order chi connectivity index (χ0) is 16.8. The molecule has 1 saturated heterocycles. The van der Waals surface area contributed by atoms with Crippen molar-refractivity contribution in [3.05, 3.63) is 34.9 Å². The first-order chi connectivity index (χ1) is 10.7. The predicted octanol–water partition coefficient (Wildman–Crippen LogP) is 2.04. The lowest BCUT2D eigenvalue weighted by Crippen LogP contribution is -2.52. The van der Waals surface area contributed by atoms with Gasteiger partial charge >= 0.3 is 0 Å². The molecule has 122 valence electrons. The number of nitrogens with zero attached hydrogens (tertiary/aromatic N) is 1. The Morgan fingerprint density at radius 1 is 1.22 bits per heavy atom. The van der Waals surface area contributed by atoms with Crippen molar-refractivity contribution in [2.45, 2.75) is 52.6 Å². The molecule has 0 aliphatic carbocycles. The summed E-state index contributed by atoms with van der Waals surface area (Å²) in [4.78, 5) is 37.5. The summed E-state index contributed by atoms with van der Waals surface area (Å²) in [5, 5.41) is 2.32. The largest absolute Gasteiger partial charge is 0.322 e. The molecule has 3 amide bonds. The number of fused-ring (bicyclic) bond motifs is 1. The summed E-state index contributed by atoms with van der Waals surface area (Å²) in [5.74, 6) is -0.739. The van der Waals surface area contributed by atoms with Crippen molar-refractivity contribution in [1.82, 2.24) is 10.2 Å². The average Bonchev–Trinajstić information content (AvgIpc) is 2.74. The summed E-state index contributed by atoms with van der Waals surface area (Å²) < 4.78 is 0. The number of hydrogen-bond donors (Lipinski definition) is 1. The van der Waals surface area contributed by atoms with E-state index in [0.717, 1.165) is 12.0 Å². The SMILES string of the molecule is CC(C)(C)Cc1ccc2c(c1)CN(C1CCC(=O)NC1=O)C2=O. The molecular formula is C18H22N2O3. The van der Waals surface area contributed by atoms with Gasteiger partial charge in [-0.25, -0.2) is 0 Å². The van der Waals surface area contributed by atoms with Gasteiger partial charge in [-0.2, -0.15) is 0 Å². The maximum Gasteiger partial charge on any atom is 0.255 e. The van der Waals surface area contributed by atoms with Crippen molar-refractivity contribution in [3.63, 3.8) is 0 Å². The summed E-state index contributed by atoms with van der Waals surface area (Å²) in [6.45, 7) is 6.99. The average molecular weight is 314 g/mol. The van der Waals surface area contributed by atoms with E-state index in [0.29, 0.717) is 18.5 Å². The molecule has 2 heterocycles. The number of benzene rings is 1. The molecular weight excluding hydrogens is 292 g/mol. The van der Waals surface area contributed by atoms with Crippen molar-refractivity contribution in [1.29, 1.82) is 0 Å². The van der Waals surface area contributed by atoms with Gasteiger partial charge in [-0.3, -0.25) is 19.7 Å². The van der Waals surface area contributed by atoms with Crippen LogP contribution in [0.1, 0.15) is 55.1 Å². The smallest absolute Gasteiger partial charge is 0.255 e. The lowest BCUT2D eigenvalue weighted by atomic mass is 9.87. The van der Waals surface area contributed by atoms with Crippen LogP contribution in [0, 0.1) is 5.41 Å². The molecule has 1 fully saturated rings. The zero-order valence-corrected chi connectivity index (χ0v) is 13.8. The van der Waals surface area contributed by atoms with Gasteiger partial charge in [-0.1, -0.05) is 32.9 Å². The highest BCUT2D eigenvalue weighted by atomic mass is 16.2. The van der Waals surface area contributed by atoms with Crippen molar-refractivity contribution >= 4 is 17.7 Å². The molecule has 0 saturated carbocycles. The summed E-state index contributed by atoms with van der Waals surface area (Å²) >= 11 is 0. The first-order valence-electron chi connectivity index (χ1n) is 8.01. The van der Waals surface area contributed by atoms with E-state index in [4.69, 9.17) is 0 Å². The van der Waals surface area contributed by atoms with Crippen LogP contribution < -0.4 is 5.32 Å². The number of carbonyl (C=O) groups is 3. The zero-order valence-electron chi connectivity index (χ0n) is 13.8. The van der Waals surface area contributed by atoms with Gasteiger partial charge in [0.25, 0.3) is 5.91 Å². The molecule has 1 aromatic rings. The summed E-state index contributed by atoms with van der Waals surface area (Å²) in [6, 6.07) is 5.39. The monoisotopic (exact) mass is 314 g/mol. The quantitative estimate of drug-likeness (QED) is 0.850. The van der Waals surface area contributed by atoms with Gasteiger partial charge in [0.05, 0.1) is 0 Å². The molecule has 5 nitrogen and oxygen atoms in total. The normalized spacial score (nSPS) is 21.4. The van der Waals surface area contributed by atoms with Crippen LogP contribution in [0.25, 0.3) is 0 Å². The number of piperidine rings is 1.